The second kappa shape index (κ2) is 20.8. The summed E-state index contributed by atoms with van der Waals surface area (Å²) in [4.78, 5) is 0. The molecule has 5 nitrogen and oxygen atoms in total. The van der Waals surface area contributed by atoms with Crippen molar-refractivity contribution in [2.45, 2.75) is 134 Å². The van der Waals surface area contributed by atoms with Crippen molar-refractivity contribution < 1.29 is 20.4 Å². The smallest absolute Gasteiger partial charge is 0.107 e. The van der Waals surface area contributed by atoms with Crippen molar-refractivity contribution in [1.82, 2.24) is 0 Å². The van der Waals surface area contributed by atoms with Crippen LogP contribution in [0.4, 0.5) is 0 Å². The SMILES string of the molecule is CCCCCCCC=CCCCCCCCCCCC(O)C(O)C(O)C(N)CO. The molecular weight excluding hydrogens is 366 g/mol. The Labute approximate surface area is 179 Å². The third-order valence-corrected chi connectivity index (χ3v) is 5.66. The number of allylic oxidation sites excluding steroid dienone is 2. The molecule has 0 aromatic heterocycles. The standard InChI is InChI=1S/C24H49NO4/c1-2-3-4-5-6-7-8-9-10-11-12-13-14-15-16-17-18-19-22(27)24(29)23(28)21(25)20-26/h8-9,21-24,26-29H,2-7,10-20,25H2,1H3. The van der Waals surface area contributed by atoms with E-state index in [1.807, 2.05) is 0 Å². The molecule has 0 aromatic carbocycles. The first-order valence-corrected chi connectivity index (χ1v) is 12.1. The lowest BCUT2D eigenvalue weighted by molar-refractivity contribution is -0.0754. The lowest BCUT2D eigenvalue weighted by Crippen LogP contribution is -2.49. The van der Waals surface area contributed by atoms with Gasteiger partial charge < -0.3 is 26.2 Å². The molecule has 29 heavy (non-hydrogen) atoms. The first-order chi connectivity index (χ1) is 14.0. The molecule has 0 bridgehead atoms. The van der Waals surface area contributed by atoms with Crippen LogP contribution in [0.3, 0.4) is 0 Å². The average molecular weight is 416 g/mol. The highest BCUT2D eigenvalue weighted by atomic mass is 16.4. The topological polar surface area (TPSA) is 107 Å². The van der Waals surface area contributed by atoms with Crippen LogP contribution in [0, 0.1) is 0 Å². The van der Waals surface area contributed by atoms with Gasteiger partial charge in [0.1, 0.15) is 6.10 Å². The van der Waals surface area contributed by atoms with E-state index in [0.717, 1.165) is 19.3 Å². The van der Waals surface area contributed by atoms with Crippen LogP contribution < -0.4 is 5.73 Å². The molecule has 174 valence electrons. The zero-order chi connectivity index (χ0) is 21.7. The molecule has 5 heteroatoms. The van der Waals surface area contributed by atoms with E-state index < -0.39 is 31.0 Å². The van der Waals surface area contributed by atoms with E-state index in [9.17, 15) is 15.3 Å². The van der Waals surface area contributed by atoms with Gasteiger partial charge in [-0.3, -0.25) is 0 Å². The molecule has 0 aliphatic carbocycles. The summed E-state index contributed by atoms with van der Waals surface area (Å²) in [6.45, 7) is 1.84. The van der Waals surface area contributed by atoms with Crippen molar-refractivity contribution in [3.8, 4) is 0 Å². The van der Waals surface area contributed by atoms with Gasteiger partial charge in [-0.25, -0.2) is 0 Å². The molecular formula is C24H49NO4. The van der Waals surface area contributed by atoms with Crippen LogP contribution in [0.25, 0.3) is 0 Å². The molecule has 0 fully saturated rings. The number of hydrogen-bond acceptors (Lipinski definition) is 5. The molecule has 6 N–H and O–H groups in total. The fourth-order valence-electron chi connectivity index (χ4n) is 3.54. The van der Waals surface area contributed by atoms with Crippen molar-refractivity contribution in [2.24, 2.45) is 5.73 Å². The Morgan fingerprint density at radius 1 is 0.655 bits per heavy atom. The van der Waals surface area contributed by atoms with Crippen LogP contribution in [-0.2, 0) is 0 Å². The van der Waals surface area contributed by atoms with Gasteiger partial charge in [-0.1, -0.05) is 89.7 Å². The Morgan fingerprint density at radius 2 is 1.10 bits per heavy atom. The molecule has 4 atom stereocenters. The minimum atomic E-state index is -1.30. The Morgan fingerprint density at radius 3 is 1.59 bits per heavy atom. The minimum Gasteiger partial charge on any atom is -0.395 e. The van der Waals surface area contributed by atoms with Crippen LogP contribution in [0.5, 0.6) is 0 Å². The van der Waals surface area contributed by atoms with E-state index in [2.05, 4.69) is 19.1 Å². The third-order valence-electron chi connectivity index (χ3n) is 5.66. The highest BCUT2D eigenvalue weighted by molar-refractivity contribution is 4.83. The van der Waals surface area contributed by atoms with E-state index in [0.29, 0.717) is 6.42 Å². The van der Waals surface area contributed by atoms with Gasteiger partial charge in [-0.15, -0.1) is 0 Å². The van der Waals surface area contributed by atoms with E-state index in [-0.39, 0.29) is 0 Å². The van der Waals surface area contributed by atoms with E-state index in [4.69, 9.17) is 10.8 Å². The molecule has 0 radical (unpaired) electrons. The van der Waals surface area contributed by atoms with Gasteiger partial charge >= 0.3 is 0 Å². The molecule has 4 unspecified atom stereocenters. The second-order valence-corrected chi connectivity index (χ2v) is 8.48. The first kappa shape index (κ1) is 28.5. The molecule has 0 saturated carbocycles. The van der Waals surface area contributed by atoms with Gasteiger partial charge in [0.2, 0.25) is 0 Å². The second-order valence-electron chi connectivity index (χ2n) is 8.48. The normalized spacial score (nSPS) is 16.2. The van der Waals surface area contributed by atoms with E-state index in [1.165, 1.54) is 77.0 Å². The highest BCUT2D eigenvalue weighted by Gasteiger charge is 2.28. The monoisotopic (exact) mass is 415 g/mol. The summed E-state index contributed by atoms with van der Waals surface area (Å²) in [6, 6.07) is -0.925. The minimum absolute atomic E-state index is 0.416. The summed E-state index contributed by atoms with van der Waals surface area (Å²) in [5.41, 5.74) is 5.48. The van der Waals surface area contributed by atoms with Gasteiger partial charge in [0.25, 0.3) is 0 Å². The lowest BCUT2D eigenvalue weighted by atomic mass is 9.97. The number of aliphatic hydroxyl groups is 4. The number of aliphatic hydroxyl groups excluding tert-OH is 4. The first-order valence-electron chi connectivity index (χ1n) is 12.1. The maximum atomic E-state index is 9.91. The van der Waals surface area contributed by atoms with Gasteiger partial charge in [-0.2, -0.15) is 0 Å². The predicted molar refractivity (Wildman–Crippen MR) is 122 cm³/mol. The maximum Gasteiger partial charge on any atom is 0.107 e. The van der Waals surface area contributed by atoms with Crippen molar-refractivity contribution in [2.75, 3.05) is 6.61 Å². The van der Waals surface area contributed by atoms with Crippen LogP contribution in [-0.4, -0.2) is 51.4 Å². The zero-order valence-electron chi connectivity index (χ0n) is 18.9. The van der Waals surface area contributed by atoms with Crippen molar-refractivity contribution >= 4 is 0 Å². The van der Waals surface area contributed by atoms with Crippen molar-refractivity contribution in [3.05, 3.63) is 12.2 Å². The summed E-state index contributed by atoms with van der Waals surface area (Å²) in [7, 11) is 0. The summed E-state index contributed by atoms with van der Waals surface area (Å²) >= 11 is 0. The molecule has 0 saturated heterocycles. The van der Waals surface area contributed by atoms with Crippen LogP contribution in [0.15, 0.2) is 12.2 Å². The van der Waals surface area contributed by atoms with Crippen LogP contribution in [0.2, 0.25) is 0 Å². The van der Waals surface area contributed by atoms with Gasteiger partial charge in [-0.05, 0) is 32.1 Å². The van der Waals surface area contributed by atoms with Crippen molar-refractivity contribution in [1.29, 1.82) is 0 Å². The Kier molecular flexibility index (Phi) is 20.5. The van der Waals surface area contributed by atoms with Gasteiger partial charge in [0.15, 0.2) is 0 Å². The number of unbranched alkanes of at least 4 members (excludes halogenated alkanes) is 13. The molecule has 0 aliphatic rings. The number of rotatable bonds is 21. The molecule has 0 heterocycles. The largest absolute Gasteiger partial charge is 0.395 e. The van der Waals surface area contributed by atoms with Crippen LogP contribution >= 0.6 is 0 Å². The van der Waals surface area contributed by atoms with Gasteiger partial charge in [0.05, 0.1) is 24.9 Å². The summed E-state index contributed by atoms with van der Waals surface area (Å²) in [5, 5.41) is 38.3. The average Bonchev–Trinajstić information content (AvgIpc) is 2.73. The maximum absolute atomic E-state index is 9.91. The number of nitrogens with two attached hydrogens (primary N) is 1. The summed E-state index contributed by atoms with van der Waals surface area (Å²) in [6.07, 6.45) is 20.1. The van der Waals surface area contributed by atoms with Crippen LogP contribution in [0.1, 0.15) is 110 Å². The molecule has 0 rings (SSSR count). The Bertz CT molecular complexity index is 365. The summed E-state index contributed by atoms with van der Waals surface area (Å²) < 4.78 is 0. The van der Waals surface area contributed by atoms with E-state index in [1.54, 1.807) is 0 Å². The lowest BCUT2D eigenvalue weighted by Gasteiger charge is -2.26. The molecule has 0 aliphatic heterocycles. The Hall–Kier alpha value is -0.460. The highest BCUT2D eigenvalue weighted by Crippen LogP contribution is 2.14. The number of hydrogen-bond donors (Lipinski definition) is 5. The van der Waals surface area contributed by atoms with E-state index >= 15 is 0 Å². The third kappa shape index (κ3) is 17.0. The fraction of sp³-hybridized carbons (Fsp3) is 0.917. The predicted octanol–water partition coefficient (Wildman–Crippen LogP) is 4.21. The molecule has 0 spiro atoms. The fourth-order valence-corrected chi connectivity index (χ4v) is 3.54. The quantitative estimate of drug-likeness (QED) is 0.143. The van der Waals surface area contributed by atoms with Crippen molar-refractivity contribution in [3.63, 3.8) is 0 Å². The molecule has 0 amide bonds. The summed E-state index contributed by atoms with van der Waals surface area (Å²) in [5.74, 6) is 0. The van der Waals surface area contributed by atoms with Gasteiger partial charge in [0, 0.05) is 0 Å². The zero-order valence-corrected chi connectivity index (χ0v) is 18.9. The Balaban J connectivity index is 3.39. The molecule has 0 aromatic rings.